The molecule has 1 aromatic heterocycles. The number of rotatable bonds is 4. The number of hydrogen-bond donors (Lipinski definition) is 0. The smallest absolute Gasteiger partial charge is 0.250 e. The first-order chi connectivity index (χ1) is 12.0. The first-order valence-electron chi connectivity index (χ1n) is 6.85. The summed E-state index contributed by atoms with van der Waals surface area (Å²) in [5.74, 6) is 0.991. The molecule has 0 radical (unpaired) electrons. The van der Waals surface area contributed by atoms with Crippen molar-refractivity contribution < 1.29 is 9.47 Å². The summed E-state index contributed by atoms with van der Waals surface area (Å²) in [6.45, 7) is 0. The number of benzene rings is 1. The predicted molar refractivity (Wildman–Crippen MR) is 107 cm³/mol. The first kappa shape index (κ1) is 21.6. The van der Waals surface area contributed by atoms with E-state index in [1.807, 2.05) is 6.07 Å². The molecule has 0 unspecified atom stereocenters. The zero-order valence-electron chi connectivity index (χ0n) is 13.3. The summed E-state index contributed by atoms with van der Waals surface area (Å²) < 4.78 is 6.64. The molecular formula is C15H11Cl6N3O2. The largest absolute Gasteiger partial charge is 0.493 e. The molecule has 0 saturated carbocycles. The Balaban J connectivity index is 2.44. The van der Waals surface area contributed by atoms with Gasteiger partial charge in [0.2, 0.25) is 7.59 Å². The molecule has 140 valence electrons. The standard InChI is InChI=1S/C15H11Cl6N3O2/c1-25-9-5-3-8(7-10(9)26-2)4-6-11-22-12(14(16,17)18)24-13(23-11)15(19,20)21/h3-7H,1-2H3. The van der Waals surface area contributed by atoms with E-state index in [1.165, 1.54) is 7.11 Å². The third kappa shape index (κ3) is 5.65. The van der Waals surface area contributed by atoms with E-state index < -0.39 is 7.59 Å². The third-order valence-corrected chi connectivity index (χ3v) is 4.01. The van der Waals surface area contributed by atoms with E-state index in [0.29, 0.717) is 11.5 Å². The van der Waals surface area contributed by atoms with Crippen LogP contribution in [0.15, 0.2) is 18.2 Å². The van der Waals surface area contributed by atoms with Crippen molar-refractivity contribution in [1.82, 2.24) is 15.0 Å². The number of alkyl halides is 6. The third-order valence-electron chi connectivity index (χ3n) is 2.99. The fourth-order valence-corrected chi connectivity index (χ4v) is 2.35. The highest BCUT2D eigenvalue weighted by atomic mass is 35.6. The molecule has 0 amide bonds. The van der Waals surface area contributed by atoms with Crippen LogP contribution in [0.25, 0.3) is 12.2 Å². The van der Waals surface area contributed by atoms with Crippen LogP contribution in [0, 0.1) is 0 Å². The van der Waals surface area contributed by atoms with Crippen molar-refractivity contribution in [3.63, 3.8) is 0 Å². The van der Waals surface area contributed by atoms with Crippen molar-refractivity contribution in [2.45, 2.75) is 7.59 Å². The van der Waals surface area contributed by atoms with Crippen LogP contribution in [-0.4, -0.2) is 29.2 Å². The molecule has 1 aromatic carbocycles. The molecule has 0 fully saturated rings. The van der Waals surface area contributed by atoms with Gasteiger partial charge < -0.3 is 9.47 Å². The van der Waals surface area contributed by atoms with E-state index in [2.05, 4.69) is 15.0 Å². The average molecular weight is 478 g/mol. The van der Waals surface area contributed by atoms with Crippen molar-refractivity contribution >= 4 is 81.8 Å². The second kappa shape index (κ2) is 8.55. The summed E-state index contributed by atoms with van der Waals surface area (Å²) in [6, 6.07) is 5.33. The first-order valence-corrected chi connectivity index (χ1v) is 9.12. The molecule has 5 nitrogen and oxygen atoms in total. The van der Waals surface area contributed by atoms with Crippen molar-refractivity contribution in [3.05, 3.63) is 41.2 Å². The van der Waals surface area contributed by atoms with Gasteiger partial charge in [-0.1, -0.05) is 81.7 Å². The number of hydrogen-bond acceptors (Lipinski definition) is 5. The second-order valence-electron chi connectivity index (χ2n) is 4.78. The van der Waals surface area contributed by atoms with E-state index in [1.54, 1.807) is 31.4 Å². The van der Waals surface area contributed by atoms with Gasteiger partial charge in [0.05, 0.1) is 14.2 Å². The monoisotopic (exact) mass is 475 g/mol. The molecule has 0 bridgehead atoms. The summed E-state index contributed by atoms with van der Waals surface area (Å²) in [5.41, 5.74) is 0.786. The van der Waals surface area contributed by atoms with E-state index in [4.69, 9.17) is 79.1 Å². The van der Waals surface area contributed by atoms with Crippen LogP contribution >= 0.6 is 69.6 Å². The maximum absolute atomic E-state index is 5.84. The van der Waals surface area contributed by atoms with E-state index in [9.17, 15) is 0 Å². The summed E-state index contributed by atoms with van der Waals surface area (Å²) in [7, 11) is 3.09. The van der Waals surface area contributed by atoms with Gasteiger partial charge in [-0.25, -0.2) is 15.0 Å². The Morgan fingerprint density at radius 2 is 1.31 bits per heavy atom. The average Bonchev–Trinajstić information content (AvgIpc) is 2.57. The fourth-order valence-electron chi connectivity index (χ4n) is 1.85. The van der Waals surface area contributed by atoms with Gasteiger partial charge in [-0.2, -0.15) is 0 Å². The van der Waals surface area contributed by atoms with E-state index >= 15 is 0 Å². The summed E-state index contributed by atoms with van der Waals surface area (Å²) >= 11 is 35.0. The highest BCUT2D eigenvalue weighted by Crippen LogP contribution is 2.40. The molecule has 2 aromatic rings. The predicted octanol–water partition coefficient (Wildman–Crippen LogP) is 5.71. The normalized spacial score (nSPS) is 12.5. The summed E-state index contributed by atoms with van der Waals surface area (Å²) in [6.07, 6.45) is 3.27. The van der Waals surface area contributed by atoms with Crippen LogP contribution in [-0.2, 0) is 7.59 Å². The lowest BCUT2D eigenvalue weighted by Crippen LogP contribution is -2.16. The summed E-state index contributed by atoms with van der Waals surface area (Å²) in [4.78, 5) is 12.0. The Labute approximate surface area is 180 Å². The number of nitrogens with zero attached hydrogens (tertiary/aromatic N) is 3. The molecule has 1 heterocycles. The summed E-state index contributed by atoms with van der Waals surface area (Å²) in [5, 5.41) is 0. The highest BCUT2D eigenvalue weighted by Gasteiger charge is 2.33. The van der Waals surface area contributed by atoms with Gasteiger partial charge in [-0.05, 0) is 23.8 Å². The topological polar surface area (TPSA) is 57.1 Å². The molecular weight excluding hydrogens is 467 g/mol. The van der Waals surface area contributed by atoms with Crippen LogP contribution in [0.5, 0.6) is 11.5 Å². The van der Waals surface area contributed by atoms with Gasteiger partial charge in [-0.3, -0.25) is 0 Å². The molecule has 11 heteroatoms. The zero-order chi connectivity index (χ0) is 19.5. The quantitative estimate of drug-likeness (QED) is 0.528. The van der Waals surface area contributed by atoms with Crippen molar-refractivity contribution in [3.8, 4) is 11.5 Å². The highest BCUT2D eigenvalue weighted by molar-refractivity contribution is 6.67. The molecule has 0 saturated heterocycles. The fraction of sp³-hybridized carbons (Fsp3) is 0.267. The number of methoxy groups -OCH3 is 2. The van der Waals surface area contributed by atoms with Crippen LogP contribution in [0.2, 0.25) is 0 Å². The lowest BCUT2D eigenvalue weighted by molar-refractivity contribution is 0.355. The van der Waals surface area contributed by atoms with Gasteiger partial charge in [0.25, 0.3) is 0 Å². The minimum absolute atomic E-state index is 0.150. The number of halogens is 6. The Morgan fingerprint density at radius 1 is 0.769 bits per heavy atom. The Bertz CT molecular complexity index is 786. The molecule has 0 spiro atoms. The minimum atomic E-state index is -1.90. The van der Waals surface area contributed by atoms with Crippen molar-refractivity contribution in [1.29, 1.82) is 0 Å². The Morgan fingerprint density at radius 3 is 1.77 bits per heavy atom. The molecule has 0 atom stereocenters. The molecule has 0 N–H and O–H groups in total. The molecule has 0 aliphatic heterocycles. The van der Waals surface area contributed by atoms with E-state index in [-0.39, 0.29) is 17.5 Å². The minimum Gasteiger partial charge on any atom is -0.493 e. The van der Waals surface area contributed by atoms with Gasteiger partial charge in [0.15, 0.2) is 29.0 Å². The molecule has 26 heavy (non-hydrogen) atoms. The molecule has 2 rings (SSSR count). The Hall–Kier alpha value is -0.690. The van der Waals surface area contributed by atoms with Crippen molar-refractivity contribution in [2.24, 2.45) is 0 Å². The Kier molecular flexibility index (Phi) is 7.10. The van der Waals surface area contributed by atoms with Crippen LogP contribution in [0.1, 0.15) is 23.0 Å². The van der Waals surface area contributed by atoms with Crippen molar-refractivity contribution in [2.75, 3.05) is 14.2 Å². The van der Waals surface area contributed by atoms with Crippen LogP contribution < -0.4 is 9.47 Å². The number of aromatic nitrogens is 3. The second-order valence-corrected chi connectivity index (χ2v) is 9.35. The lowest BCUT2D eigenvalue weighted by Gasteiger charge is -2.14. The number of ether oxygens (including phenoxy) is 2. The molecule has 0 aliphatic rings. The lowest BCUT2D eigenvalue weighted by atomic mass is 10.2. The van der Waals surface area contributed by atoms with Gasteiger partial charge in [-0.15, -0.1) is 0 Å². The SMILES string of the molecule is COc1ccc(C=Cc2nc(C(Cl)(Cl)Cl)nc(C(Cl)(Cl)Cl)n2)cc1OC. The maximum Gasteiger partial charge on any atom is 0.250 e. The maximum atomic E-state index is 5.84. The van der Waals surface area contributed by atoms with Gasteiger partial charge >= 0.3 is 0 Å². The van der Waals surface area contributed by atoms with Gasteiger partial charge in [0.1, 0.15) is 0 Å². The van der Waals surface area contributed by atoms with Crippen LogP contribution in [0.4, 0.5) is 0 Å². The van der Waals surface area contributed by atoms with E-state index in [0.717, 1.165) is 5.56 Å². The van der Waals surface area contributed by atoms with Crippen LogP contribution in [0.3, 0.4) is 0 Å². The van der Waals surface area contributed by atoms with Gasteiger partial charge in [0, 0.05) is 0 Å². The zero-order valence-corrected chi connectivity index (χ0v) is 17.8. The molecule has 0 aliphatic carbocycles.